The second-order valence-corrected chi connectivity index (χ2v) is 6.77. The molecule has 2 aromatic rings. The van der Waals surface area contributed by atoms with Crippen LogP contribution in [0.3, 0.4) is 0 Å². The monoisotopic (exact) mass is 409 g/mol. The van der Waals surface area contributed by atoms with Crippen molar-refractivity contribution >= 4 is 18.0 Å². The third-order valence-electron chi connectivity index (χ3n) is 4.22. The van der Waals surface area contributed by atoms with Crippen LogP contribution in [-0.4, -0.2) is 37.8 Å². The number of ether oxygens (including phenoxy) is 2. The lowest BCUT2D eigenvalue weighted by molar-refractivity contribution is -0.123. The number of hydrazone groups is 1. The van der Waals surface area contributed by atoms with Gasteiger partial charge in [0.2, 0.25) is 0 Å². The van der Waals surface area contributed by atoms with Gasteiger partial charge in [-0.1, -0.05) is 50.8 Å². The van der Waals surface area contributed by atoms with Crippen LogP contribution >= 0.6 is 0 Å². The Labute approximate surface area is 176 Å². The summed E-state index contributed by atoms with van der Waals surface area (Å²) in [6.45, 7) is 7.64. The maximum Gasteiger partial charge on any atom is 0.262 e. The molecule has 0 spiro atoms. The van der Waals surface area contributed by atoms with E-state index in [0.29, 0.717) is 29.2 Å². The van der Waals surface area contributed by atoms with Gasteiger partial charge in [-0.3, -0.25) is 9.59 Å². The SMILES string of the molecule is C=CCOc1c(/C=N/NC(=O)C(NC(=O)c2ccccc2)C(C)C)cccc1OC. The predicted octanol–water partition coefficient (Wildman–Crippen LogP) is 3.16. The minimum Gasteiger partial charge on any atom is -0.493 e. The third kappa shape index (κ3) is 6.20. The second kappa shape index (κ2) is 11.4. The number of para-hydroxylation sites is 1. The van der Waals surface area contributed by atoms with E-state index in [1.807, 2.05) is 19.9 Å². The van der Waals surface area contributed by atoms with E-state index >= 15 is 0 Å². The Balaban J connectivity index is 2.09. The lowest BCUT2D eigenvalue weighted by atomic mass is 10.0. The molecule has 0 bridgehead atoms. The molecule has 1 unspecified atom stereocenters. The summed E-state index contributed by atoms with van der Waals surface area (Å²) in [6.07, 6.45) is 3.09. The summed E-state index contributed by atoms with van der Waals surface area (Å²) >= 11 is 0. The maximum atomic E-state index is 12.6. The first-order chi connectivity index (χ1) is 14.5. The van der Waals surface area contributed by atoms with E-state index < -0.39 is 11.9 Å². The molecule has 7 heteroatoms. The molecule has 0 aliphatic heterocycles. The van der Waals surface area contributed by atoms with Gasteiger partial charge in [0.05, 0.1) is 13.3 Å². The van der Waals surface area contributed by atoms with Gasteiger partial charge in [0.25, 0.3) is 11.8 Å². The summed E-state index contributed by atoms with van der Waals surface area (Å²) in [5, 5.41) is 6.79. The van der Waals surface area contributed by atoms with E-state index in [1.54, 1.807) is 55.7 Å². The largest absolute Gasteiger partial charge is 0.493 e. The van der Waals surface area contributed by atoms with E-state index in [2.05, 4.69) is 22.4 Å². The Hall–Kier alpha value is -3.61. The summed E-state index contributed by atoms with van der Waals surface area (Å²) in [5.74, 6) is 0.178. The van der Waals surface area contributed by atoms with Gasteiger partial charge in [-0.2, -0.15) is 5.10 Å². The number of hydrogen-bond acceptors (Lipinski definition) is 5. The molecule has 0 aliphatic rings. The third-order valence-corrected chi connectivity index (χ3v) is 4.22. The minimum atomic E-state index is -0.739. The van der Waals surface area contributed by atoms with Gasteiger partial charge >= 0.3 is 0 Å². The highest BCUT2D eigenvalue weighted by Crippen LogP contribution is 2.30. The first-order valence-corrected chi connectivity index (χ1v) is 9.57. The van der Waals surface area contributed by atoms with Crippen molar-refractivity contribution in [2.75, 3.05) is 13.7 Å². The average molecular weight is 409 g/mol. The predicted molar refractivity (Wildman–Crippen MR) is 117 cm³/mol. The van der Waals surface area contributed by atoms with Gasteiger partial charge < -0.3 is 14.8 Å². The zero-order chi connectivity index (χ0) is 21.9. The van der Waals surface area contributed by atoms with E-state index in [0.717, 1.165) is 0 Å². The number of nitrogens with one attached hydrogen (secondary N) is 2. The van der Waals surface area contributed by atoms with Gasteiger partial charge in [-0.15, -0.1) is 0 Å². The van der Waals surface area contributed by atoms with Crippen LogP contribution in [-0.2, 0) is 4.79 Å². The van der Waals surface area contributed by atoms with Crippen molar-refractivity contribution in [1.29, 1.82) is 0 Å². The maximum absolute atomic E-state index is 12.6. The number of rotatable bonds is 10. The van der Waals surface area contributed by atoms with Crippen molar-refractivity contribution in [1.82, 2.24) is 10.7 Å². The fraction of sp³-hybridized carbons (Fsp3) is 0.261. The number of carbonyl (C=O) groups excluding carboxylic acids is 2. The molecule has 1 atom stereocenters. The molecule has 7 nitrogen and oxygen atoms in total. The van der Waals surface area contributed by atoms with E-state index in [-0.39, 0.29) is 11.8 Å². The zero-order valence-corrected chi connectivity index (χ0v) is 17.4. The highest BCUT2D eigenvalue weighted by atomic mass is 16.5. The van der Waals surface area contributed by atoms with Crippen molar-refractivity contribution in [3.63, 3.8) is 0 Å². The van der Waals surface area contributed by atoms with Crippen LogP contribution < -0.4 is 20.2 Å². The molecule has 0 aliphatic carbocycles. The van der Waals surface area contributed by atoms with Crippen molar-refractivity contribution < 1.29 is 19.1 Å². The normalized spacial score (nSPS) is 11.7. The van der Waals surface area contributed by atoms with E-state index in [1.165, 1.54) is 6.21 Å². The molecule has 0 saturated carbocycles. The lowest BCUT2D eigenvalue weighted by Crippen LogP contribution is -2.48. The van der Waals surface area contributed by atoms with Crippen LogP contribution in [0.5, 0.6) is 11.5 Å². The van der Waals surface area contributed by atoms with Crippen molar-refractivity contribution in [2.45, 2.75) is 19.9 Å². The number of amides is 2. The number of methoxy groups -OCH3 is 1. The summed E-state index contributed by atoms with van der Waals surface area (Å²) in [5.41, 5.74) is 3.61. The molecule has 158 valence electrons. The van der Waals surface area contributed by atoms with Crippen molar-refractivity contribution in [2.24, 2.45) is 11.0 Å². The van der Waals surface area contributed by atoms with Gasteiger partial charge in [0, 0.05) is 11.1 Å². The molecule has 0 fully saturated rings. The first-order valence-electron chi connectivity index (χ1n) is 9.57. The summed E-state index contributed by atoms with van der Waals surface area (Å²) in [6, 6.07) is 13.3. The Kier molecular flexibility index (Phi) is 8.62. The number of benzene rings is 2. The van der Waals surface area contributed by atoms with Crippen LogP contribution in [0.4, 0.5) is 0 Å². The Bertz CT molecular complexity index is 895. The molecule has 2 amide bonds. The van der Waals surface area contributed by atoms with E-state index in [9.17, 15) is 9.59 Å². The fourth-order valence-electron chi connectivity index (χ4n) is 2.68. The topological polar surface area (TPSA) is 89.0 Å². The summed E-state index contributed by atoms with van der Waals surface area (Å²) < 4.78 is 11.0. The van der Waals surface area contributed by atoms with Crippen LogP contribution in [0.2, 0.25) is 0 Å². The quantitative estimate of drug-likeness (QED) is 0.358. The Morgan fingerprint density at radius 2 is 1.87 bits per heavy atom. The zero-order valence-electron chi connectivity index (χ0n) is 17.4. The van der Waals surface area contributed by atoms with Crippen LogP contribution in [0.1, 0.15) is 29.8 Å². The summed E-state index contributed by atoms with van der Waals surface area (Å²) in [7, 11) is 1.54. The molecule has 0 saturated heterocycles. The number of nitrogens with zero attached hydrogens (tertiary/aromatic N) is 1. The highest BCUT2D eigenvalue weighted by Gasteiger charge is 2.24. The van der Waals surface area contributed by atoms with Crippen molar-refractivity contribution in [3.05, 3.63) is 72.3 Å². The first kappa shape index (κ1) is 22.7. The molecule has 0 radical (unpaired) electrons. The average Bonchev–Trinajstić information content (AvgIpc) is 2.76. The van der Waals surface area contributed by atoms with Gasteiger partial charge in [-0.25, -0.2) is 5.43 Å². The molecular weight excluding hydrogens is 382 g/mol. The Morgan fingerprint density at radius 1 is 1.13 bits per heavy atom. The minimum absolute atomic E-state index is 0.129. The molecule has 2 rings (SSSR count). The highest BCUT2D eigenvalue weighted by molar-refractivity contribution is 5.97. The van der Waals surface area contributed by atoms with Crippen LogP contribution in [0, 0.1) is 5.92 Å². The second-order valence-electron chi connectivity index (χ2n) is 6.77. The Morgan fingerprint density at radius 3 is 2.50 bits per heavy atom. The van der Waals surface area contributed by atoms with Crippen molar-refractivity contribution in [3.8, 4) is 11.5 Å². The molecule has 30 heavy (non-hydrogen) atoms. The van der Waals surface area contributed by atoms with Crippen LogP contribution in [0.25, 0.3) is 0 Å². The fourth-order valence-corrected chi connectivity index (χ4v) is 2.68. The van der Waals surface area contributed by atoms with Crippen LogP contribution in [0.15, 0.2) is 66.3 Å². The molecule has 2 N–H and O–H groups in total. The number of carbonyl (C=O) groups is 2. The van der Waals surface area contributed by atoms with E-state index in [4.69, 9.17) is 9.47 Å². The lowest BCUT2D eigenvalue weighted by Gasteiger charge is -2.20. The number of hydrogen-bond donors (Lipinski definition) is 2. The molecular formula is C23H27N3O4. The van der Waals surface area contributed by atoms with Gasteiger partial charge in [0.1, 0.15) is 12.6 Å². The van der Waals surface area contributed by atoms with Gasteiger partial charge in [0.15, 0.2) is 11.5 Å². The summed E-state index contributed by atoms with van der Waals surface area (Å²) in [4.78, 5) is 25.0. The standard InChI is InChI=1S/C23H27N3O4/c1-5-14-30-21-18(12-9-13-19(21)29-4)15-24-26-23(28)20(16(2)3)25-22(27)17-10-7-6-8-11-17/h5-13,15-16,20H,1,14H2,2-4H3,(H,25,27)(H,26,28)/b24-15+. The molecule has 0 aromatic heterocycles. The van der Waals surface area contributed by atoms with Gasteiger partial charge in [-0.05, 0) is 30.2 Å². The molecule has 2 aromatic carbocycles. The smallest absolute Gasteiger partial charge is 0.262 e. The molecule has 0 heterocycles.